The molecule has 0 atom stereocenters. The van der Waals surface area contributed by atoms with Crippen LogP contribution in [0.3, 0.4) is 0 Å². The average Bonchev–Trinajstić information content (AvgIpc) is 2.15. The van der Waals surface area contributed by atoms with E-state index in [1.807, 2.05) is 0 Å². The minimum atomic E-state index is -1.11. The van der Waals surface area contributed by atoms with Gasteiger partial charge in [0.25, 0.3) is 0 Å². The van der Waals surface area contributed by atoms with Crippen molar-refractivity contribution in [3.63, 3.8) is 0 Å². The Morgan fingerprint density at radius 2 is 1.18 bits per heavy atom. The normalized spacial score (nSPS) is 9.88. The van der Waals surface area contributed by atoms with Crippen molar-refractivity contribution in [3.8, 4) is 0 Å². The molecule has 11 nitrogen and oxygen atoms in total. The van der Waals surface area contributed by atoms with Crippen molar-refractivity contribution in [3.05, 3.63) is 36.4 Å². The fourth-order valence-corrected chi connectivity index (χ4v) is 1.17. The van der Waals surface area contributed by atoms with Gasteiger partial charge in [-0.1, -0.05) is 0 Å². The van der Waals surface area contributed by atoms with E-state index < -0.39 is 43.2 Å². The second-order valence-corrected chi connectivity index (χ2v) is 2.86. The zero-order valence-electron chi connectivity index (χ0n) is 8.02. The van der Waals surface area contributed by atoms with Gasteiger partial charge in [0, 0.05) is 0 Å². The number of hydrogen-bond donors (Lipinski definition) is 2. The highest BCUT2D eigenvalue weighted by atomic mass is 16.6. The maximum absolute atomic E-state index is 10.6. The molecule has 1 aromatic carbocycles. The summed E-state index contributed by atoms with van der Waals surface area (Å²) in [5.74, 6) is 0. The highest BCUT2D eigenvalue weighted by Crippen LogP contribution is 2.42. The fraction of sp³-hybridized carbons (Fsp3) is 0. The lowest BCUT2D eigenvalue weighted by Crippen LogP contribution is -2.07. The first-order valence-electron chi connectivity index (χ1n) is 3.92. The van der Waals surface area contributed by atoms with Crippen molar-refractivity contribution < 1.29 is 14.8 Å². The molecule has 11 heteroatoms. The SMILES string of the molecule is Nc1c([N+](=O)[O-])cc([N+](=O)[O-])c(N)c1[N+](=O)[O-]. The van der Waals surface area contributed by atoms with E-state index in [0.717, 1.165) is 0 Å². The number of rotatable bonds is 3. The van der Waals surface area contributed by atoms with Crippen LogP contribution in [0.15, 0.2) is 6.07 Å². The highest BCUT2D eigenvalue weighted by molar-refractivity contribution is 5.87. The lowest BCUT2D eigenvalue weighted by atomic mass is 10.1. The molecular weight excluding hydrogens is 238 g/mol. The number of nitro groups is 3. The predicted octanol–water partition coefficient (Wildman–Crippen LogP) is 0.576. The van der Waals surface area contributed by atoms with Gasteiger partial charge >= 0.3 is 17.1 Å². The first kappa shape index (κ1) is 12.1. The van der Waals surface area contributed by atoms with E-state index in [0.29, 0.717) is 6.07 Å². The zero-order valence-corrected chi connectivity index (χ0v) is 8.02. The summed E-state index contributed by atoms with van der Waals surface area (Å²) in [6.07, 6.45) is 0. The summed E-state index contributed by atoms with van der Waals surface area (Å²) in [6, 6.07) is 0.484. The van der Waals surface area contributed by atoms with Gasteiger partial charge in [-0.15, -0.1) is 0 Å². The van der Waals surface area contributed by atoms with Crippen molar-refractivity contribution in [1.29, 1.82) is 0 Å². The Bertz CT molecular complexity index is 502. The topological polar surface area (TPSA) is 181 Å². The van der Waals surface area contributed by atoms with Gasteiger partial charge in [-0.05, 0) is 0 Å². The second kappa shape index (κ2) is 3.88. The number of benzene rings is 1. The van der Waals surface area contributed by atoms with Crippen molar-refractivity contribution in [2.24, 2.45) is 0 Å². The third kappa shape index (κ3) is 1.88. The van der Waals surface area contributed by atoms with E-state index in [9.17, 15) is 30.3 Å². The van der Waals surface area contributed by atoms with E-state index in [1.165, 1.54) is 0 Å². The molecule has 0 spiro atoms. The second-order valence-electron chi connectivity index (χ2n) is 2.86. The third-order valence-corrected chi connectivity index (χ3v) is 1.91. The molecule has 1 rings (SSSR count). The van der Waals surface area contributed by atoms with Crippen LogP contribution in [0.5, 0.6) is 0 Å². The molecule has 0 aliphatic carbocycles. The summed E-state index contributed by atoms with van der Waals surface area (Å²) >= 11 is 0. The van der Waals surface area contributed by atoms with Crippen LogP contribution in [0.2, 0.25) is 0 Å². The Hall–Kier alpha value is -2.98. The smallest absolute Gasteiger partial charge is 0.329 e. The van der Waals surface area contributed by atoms with Crippen LogP contribution < -0.4 is 11.5 Å². The van der Waals surface area contributed by atoms with Crippen LogP contribution in [0.1, 0.15) is 0 Å². The van der Waals surface area contributed by atoms with E-state index >= 15 is 0 Å². The number of nitrogen functional groups attached to an aromatic ring is 2. The standard InChI is InChI=1S/C6H5N5O6/c7-4-2(9(12)13)1-3(10(14)15)5(8)6(4)11(16)17/h1H,7-8H2. The van der Waals surface area contributed by atoms with Gasteiger partial charge in [0.15, 0.2) is 11.4 Å². The largest absolute Gasteiger partial charge is 0.387 e. The number of nitrogens with zero attached hydrogens (tertiary/aromatic N) is 3. The quantitative estimate of drug-likeness (QED) is 0.438. The van der Waals surface area contributed by atoms with Crippen molar-refractivity contribution in [2.45, 2.75) is 0 Å². The molecule has 0 aromatic heterocycles. The molecule has 17 heavy (non-hydrogen) atoms. The van der Waals surface area contributed by atoms with Crippen LogP contribution in [-0.4, -0.2) is 14.8 Å². The Morgan fingerprint density at radius 1 is 0.824 bits per heavy atom. The Balaban J connectivity index is 3.76. The first-order chi connectivity index (χ1) is 7.77. The maximum Gasteiger partial charge on any atom is 0.329 e. The van der Waals surface area contributed by atoms with Crippen LogP contribution >= 0.6 is 0 Å². The molecule has 1 aromatic rings. The Kier molecular flexibility index (Phi) is 2.76. The minimum Gasteiger partial charge on any atom is -0.387 e. The molecule has 0 saturated heterocycles. The molecule has 0 bridgehead atoms. The molecular formula is C6H5N5O6. The average molecular weight is 243 g/mol. The van der Waals surface area contributed by atoms with Crippen LogP contribution in [0.25, 0.3) is 0 Å². The lowest BCUT2D eigenvalue weighted by Gasteiger charge is -2.02. The fourth-order valence-electron chi connectivity index (χ4n) is 1.17. The van der Waals surface area contributed by atoms with Crippen molar-refractivity contribution in [1.82, 2.24) is 0 Å². The van der Waals surface area contributed by atoms with Gasteiger partial charge in [0.2, 0.25) is 0 Å². The van der Waals surface area contributed by atoms with E-state index in [4.69, 9.17) is 11.5 Å². The van der Waals surface area contributed by atoms with Crippen molar-refractivity contribution >= 4 is 28.4 Å². The monoisotopic (exact) mass is 243 g/mol. The Labute approximate surface area is 92.1 Å². The number of nitrogens with two attached hydrogens (primary N) is 2. The van der Waals surface area contributed by atoms with Crippen LogP contribution in [-0.2, 0) is 0 Å². The summed E-state index contributed by atoms with van der Waals surface area (Å²) in [6.45, 7) is 0. The predicted molar refractivity (Wildman–Crippen MR) is 55.2 cm³/mol. The van der Waals surface area contributed by atoms with E-state index in [1.54, 1.807) is 0 Å². The third-order valence-electron chi connectivity index (χ3n) is 1.91. The summed E-state index contributed by atoms with van der Waals surface area (Å²) < 4.78 is 0. The highest BCUT2D eigenvalue weighted by Gasteiger charge is 2.33. The van der Waals surface area contributed by atoms with Gasteiger partial charge in [-0.3, -0.25) is 30.3 Å². The van der Waals surface area contributed by atoms with E-state index in [2.05, 4.69) is 0 Å². The Morgan fingerprint density at radius 3 is 1.41 bits per heavy atom. The van der Waals surface area contributed by atoms with E-state index in [-0.39, 0.29) is 0 Å². The van der Waals surface area contributed by atoms with Gasteiger partial charge in [0.1, 0.15) is 0 Å². The summed E-state index contributed by atoms with van der Waals surface area (Å²) in [7, 11) is 0. The summed E-state index contributed by atoms with van der Waals surface area (Å²) in [5.41, 5.74) is 5.80. The molecule has 0 amide bonds. The minimum absolute atomic E-state index is 0.484. The molecule has 4 N–H and O–H groups in total. The molecule has 0 fully saturated rings. The number of anilines is 2. The molecule has 0 unspecified atom stereocenters. The molecule has 0 aliphatic heterocycles. The van der Waals surface area contributed by atoms with Crippen molar-refractivity contribution in [2.75, 3.05) is 11.5 Å². The summed E-state index contributed by atoms with van der Waals surface area (Å²) in [5, 5.41) is 31.6. The van der Waals surface area contributed by atoms with Gasteiger partial charge in [0.05, 0.1) is 20.8 Å². The van der Waals surface area contributed by atoms with Gasteiger partial charge in [-0.2, -0.15) is 0 Å². The molecule has 0 saturated carbocycles. The number of hydrogen-bond acceptors (Lipinski definition) is 8. The molecule has 0 heterocycles. The van der Waals surface area contributed by atoms with Crippen LogP contribution in [0.4, 0.5) is 28.4 Å². The lowest BCUT2D eigenvalue weighted by molar-refractivity contribution is -0.400. The summed E-state index contributed by atoms with van der Waals surface area (Å²) in [4.78, 5) is 28.4. The van der Waals surface area contributed by atoms with Gasteiger partial charge in [-0.25, -0.2) is 0 Å². The molecule has 0 radical (unpaired) electrons. The first-order valence-corrected chi connectivity index (χ1v) is 3.92. The zero-order chi connectivity index (χ0) is 13.3. The molecule has 0 aliphatic rings. The van der Waals surface area contributed by atoms with Gasteiger partial charge < -0.3 is 11.5 Å². The molecule has 90 valence electrons. The van der Waals surface area contributed by atoms with Crippen LogP contribution in [0, 0.1) is 30.3 Å². The maximum atomic E-state index is 10.6. The number of nitro benzene ring substituents is 3.